The van der Waals surface area contributed by atoms with Crippen molar-refractivity contribution in [3.8, 4) is 16.9 Å². The zero-order valence-corrected chi connectivity index (χ0v) is 18.7. The number of esters is 1. The van der Waals surface area contributed by atoms with Crippen LogP contribution in [0.1, 0.15) is 23.6 Å². The average molecular weight is 448 g/mol. The summed E-state index contributed by atoms with van der Waals surface area (Å²) in [5, 5.41) is 5.36. The molecule has 0 amide bonds. The first kappa shape index (κ1) is 22.5. The van der Waals surface area contributed by atoms with Crippen molar-refractivity contribution >= 4 is 16.9 Å². The van der Waals surface area contributed by atoms with Gasteiger partial charge in [0.15, 0.2) is 0 Å². The Morgan fingerprint density at radius 3 is 2.67 bits per heavy atom. The summed E-state index contributed by atoms with van der Waals surface area (Å²) in [5.74, 6) is -0.0338. The Bertz CT molecular complexity index is 1300. The van der Waals surface area contributed by atoms with Gasteiger partial charge in [0, 0.05) is 41.9 Å². The third-order valence-electron chi connectivity index (χ3n) is 5.40. The number of hydrogen-bond acceptors (Lipinski definition) is 5. The van der Waals surface area contributed by atoms with Gasteiger partial charge in [-0.1, -0.05) is 36.4 Å². The number of hydrogen-bond donors (Lipinski definition) is 1. The monoisotopic (exact) mass is 447 g/mol. The van der Waals surface area contributed by atoms with Gasteiger partial charge >= 0.3 is 5.97 Å². The fraction of sp³-hybridized carbons (Fsp3) is 0.231. The maximum Gasteiger partial charge on any atom is 0.310 e. The molecule has 0 aliphatic carbocycles. The third kappa shape index (κ3) is 4.88. The van der Waals surface area contributed by atoms with E-state index in [0.29, 0.717) is 23.5 Å². The van der Waals surface area contributed by atoms with Crippen LogP contribution < -0.4 is 10.5 Å². The third-order valence-corrected chi connectivity index (χ3v) is 5.40. The van der Waals surface area contributed by atoms with Crippen molar-refractivity contribution in [2.45, 2.75) is 26.5 Å². The molecule has 0 saturated carbocycles. The van der Waals surface area contributed by atoms with Gasteiger partial charge in [0.2, 0.25) is 0 Å². The first-order chi connectivity index (χ1) is 16.0. The Hall–Kier alpha value is -3.71. The summed E-state index contributed by atoms with van der Waals surface area (Å²) in [7, 11) is 1.83. The molecule has 0 saturated heterocycles. The summed E-state index contributed by atoms with van der Waals surface area (Å²) in [4.78, 5) is 11.9. The quantitative estimate of drug-likeness (QED) is 0.402. The highest BCUT2D eigenvalue weighted by Crippen LogP contribution is 2.33. The number of halogens is 1. The summed E-state index contributed by atoms with van der Waals surface area (Å²) < 4.78 is 28.0. The lowest BCUT2D eigenvalue weighted by Gasteiger charge is -2.13. The molecule has 4 rings (SSSR count). The second-order valence-corrected chi connectivity index (χ2v) is 7.74. The number of benzene rings is 3. The van der Waals surface area contributed by atoms with Crippen LogP contribution in [0.25, 0.3) is 22.0 Å². The molecule has 3 aromatic carbocycles. The molecule has 0 atom stereocenters. The van der Waals surface area contributed by atoms with Gasteiger partial charge in [-0.25, -0.2) is 4.39 Å². The summed E-state index contributed by atoms with van der Waals surface area (Å²) in [6, 6.07) is 16.4. The van der Waals surface area contributed by atoms with Crippen LogP contribution in [0.4, 0.5) is 4.39 Å². The normalized spacial score (nSPS) is 11.0. The Balaban J connectivity index is 1.68. The van der Waals surface area contributed by atoms with E-state index < -0.39 is 0 Å². The van der Waals surface area contributed by atoms with E-state index in [2.05, 4.69) is 5.10 Å². The number of aryl methyl sites for hydroxylation is 1. The number of fused-ring (bicyclic) bond motifs is 1. The molecule has 6 nitrogen and oxygen atoms in total. The van der Waals surface area contributed by atoms with Crippen LogP contribution in [0.15, 0.2) is 60.8 Å². The van der Waals surface area contributed by atoms with Gasteiger partial charge in [0.25, 0.3) is 0 Å². The Kier molecular flexibility index (Phi) is 6.70. The maximum atomic E-state index is 15.1. The van der Waals surface area contributed by atoms with E-state index in [1.54, 1.807) is 29.8 Å². The van der Waals surface area contributed by atoms with Crippen molar-refractivity contribution in [3.05, 3.63) is 83.3 Å². The SMILES string of the molecule is CCOC(=O)Cc1ccccc1OCc1cc(-c2cccc(CN)c2F)c2cn(C)nc2c1. The zero-order valence-electron chi connectivity index (χ0n) is 18.7. The smallest absolute Gasteiger partial charge is 0.310 e. The number of carbonyl (C=O) groups excluding carboxylic acids is 1. The fourth-order valence-electron chi connectivity index (χ4n) is 3.87. The molecule has 0 fully saturated rings. The van der Waals surface area contributed by atoms with Crippen LogP contribution in [0.5, 0.6) is 5.75 Å². The van der Waals surface area contributed by atoms with E-state index in [1.807, 2.05) is 49.6 Å². The number of nitrogens with two attached hydrogens (primary N) is 1. The van der Waals surface area contributed by atoms with E-state index in [-0.39, 0.29) is 31.4 Å². The first-order valence-corrected chi connectivity index (χ1v) is 10.8. The molecule has 4 aromatic rings. The van der Waals surface area contributed by atoms with Gasteiger partial charge in [-0.2, -0.15) is 5.10 Å². The van der Waals surface area contributed by atoms with Crippen LogP contribution in [0.2, 0.25) is 0 Å². The van der Waals surface area contributed by atoms with Crippen molar-refractivity contribution in [3.63, 3.8) is 0 Å². The Morgan fingerprint density at radius 2 is 1.88 bits per heavy atom. The molecule has 2 N–H and O–H groups in total. The van der Waals surface area contributed by atoms with Gasteiger partial charge in [0.05, 0.1) is 18.5 Å². The number of nitrogens with zero attached hydrogens (tertiary/aromatic N) is 2. The zero-order chi connectivity index (χ0) is 23.4. The van der Waals surface area contributed by atoms with Gasteiger partial charge in [-0.15, -0.1) is 0 Å². The molecule has 170 valence electrons. The average Bonchev–Trinajstić information content (AvgIpc) is 3.18. The minimum Gasteiger partial charge on any atom is -0.489 e. The highest BCUT2D eigenvalue weighted by molar-refractivity contribution is 5.95. The number of carbonyl (C=O) groups is 1. The van der Waals surface area contributed by atoms with Gasteiger partial charge < -0.3 is 15.2 Å². The minimum absolute atomic E-state index is 0.121. The lowest BCUT2D eigenvalue weighted by molar-refractivity contribution is -0.142. The van der Waals surface area contributed by atoms with E-state index in [9.17, 15) is 4.79 Å². The molecule has 0 bridgehead atoms. The molecular weight excluding hydrogens is 421 g/mol. The summed E-state index contributed by atoms with van der Waals surface area (Å²) in [5.41, 5.74) is 9.69. The van der Waals surface area contributed by atoms with Crippen molar-refractivity contribution < 1.29 is 18.7 Å². The lowest BCUT2D eigenvalue weighted by atomic mass is 9.97. The number of aromatic nitrogens is 2. The standard InChI is InChI=1S/C26H26FN3O3/c1-3-32-25(31)13-18-7-4-5-10-24(18)33-16-17-11-21(22-15-30(2)29-23(22)12-17)20-9-6-8-19(14-28)26(20)27/h4-12,15H,3,13-14,16,28H2,1-2H3. The topological polar surface area (TPSA) is 79.4 Å². The van der Waals surface area contributed by atoms with Gasteiger partial charge in [-0.3, -0.25) is 9.48 Å². The van der Waals surface area contributed by atoms with Crippen LogP contribution in [-0.4, -0.2) is 22.4 Å². The molecule has 1 aromatic heterocycles. The highest BCUT2D eigenvalue weighted by atomic mass is 19.1. The van der Waals surface area contributed by atoms with Crippen LogP contribution in [0, 0.1) is 5.82 Å². The molecule has 7 heteroatoms. The summed E-state index contributed by atoms with van der Waals surface area (Å²) >= 11 is 0. The molecule has 1 heterocycles. The van der Waals surface area contributed by atoms with E-state index in [4.69, 9.17) is 15.2 Å². The summed E-state index contributed by atoms with van der Waals surface area (Å²) in [6.45, 7) is 2.46. The second-order valence-electron chi connectivity index (χ2n) is 7.74. The van der Waals surface area contributed by atoms with Crippen LogP contribution >= 0.6 is 0 Å². The molecule has 0 radical (unpaired) electrons. The maximum absolute atomic E-state index is 15.1. The largest absolute Gasteiger partial charge is 0.489 e. The predicted octanol–water partition coefficient (Wildman–Crippen LogP) is 4.52. The molecule has 0 aliphatic rings. The van der Waals surface area contributed by atoms with Crippen molar-refractivity contribution in [2.75, 3.05) is 6.61 Å². The fourth-order valence-corrected chi connectivity index (χ4v) is 3.87. The number of ether oxygens (including phenoxy) is 2. The Morgan fingerprint density at radius 1 is 1.09 bits per heavy atom. The molecular formula is C26H26FN3O3. The molecule has 0 unspecified atom stereocenters. The number of para-hydroxylation sites is 1. The van der Waals surface area contributed by atoms with Crippen LogP contribution in [-0.2, 0) is 36.2 Å². The minimum atomic E-state index is -0.331. The van der Waals surface area contributed by atoms with Crippen molar-refractivity contribution in [1.29, 1.82) is 0 Å². The van der Waals surface area contributed by atoms with E-state index >= 15 is 4.39 Å². The lowest BCUT2D eigenvalue weighted by Crippen LogP contribution is -2.09. The van der Waals surface area contributed by atoms with Crippen molar-refractivity contribution in [1.82, 2.24) is 9.78 Å². The number of rotatable bonds is 8. The molecule has 0 aliphatic heterocycles. The van der Waals surface area contributed by atoms with E-state index in [1.165, 1.54) is 0 Å². The predicted molar refractivity (Wildman–Crippen MR) is 125 cm³/mol. The molecule has 0 spiro atoms. The molecule has 33 heavy (non-hydrogen) atoms. The Labute approximate surface area is 191 Å². The van der Waals surface area contributed by atoms with Crippen molar-refractivity contribution in [2.24, 2.45) is 12.8 Å². The van der Waals surface area contributed by atoms with Gasteiger partial charge in [0.1, 0.15) is 18.2 Å². The summed E-state index contributed by atoms with van der Waals surface area (Å²) in [6.07, 6.45) is 2.00. The second kappa shape index (κ2) is 9.83. The van der Waals surface area contributed by atoms with Crippen LogP contribution in [0.3, 0.4) is 0 Å². The first-order valence-electron chi connectivity index (χ1n) is 10.8. The highest BCUT2D eigenvalue weighted by Gasteiger charge is 2.16. The van der Waals surface area contributed by atoms with E-state index in [0.717, 1.165) is 27.6 Å². The van der Waals surface area contributed by atoms with Gasteiger partial charge in [-0.05, 0) is 36.2 Å².